The molecule has 0 spiro atoms. The maximum absolute atomic E-state index is 13.9. The van der Waals surface area contributed by atoms with E-state index < -0.39 is 11.8 Å². The van der Waals surface area contributed by atoms with Crippen LogP contribution in [-0.4, -0.2) is 32.1 Å². The van der Waals surface area contributed by atoms with Crippen LogP contribution in [0.5, 0.6) is 0 Å². The Hall–Kier alpha value is -3.13. The number of carbonyl (C=O) groups excluding carboxylic acids is 1. The second-order valence-electron chi connectivity index (χ2n) is 5.05. The number of hydrogen-bond acceptors (Lipinski definition) is 3. The van der Waals surface area contributed by atoms with Gasteiger partial charge in [-0.05, 0) is 30.3 Å². The number of halogens is 1. The van der Waals surface area contributed by atoms with E-state index in [1.165, 1.54) is 16.9 Å². The Morgan fingerprint density at radius 1 is 1.25 bits per heavy atom. The lowest BCUT2D eigenvalue weighted by atomic mass is 10.2. The fourth-order valence-electron chi connectivity index (χ4n) is 2.21. The molecule has 2 aromatic heterocycles. The standard InChI is InChI=1S/C16H16FN5O2/c17-14-4-3-13(21-5-1-2-6-21)9-15(14)20-16(24)19-12-10-18-22(11-12)7-8-23/h1-6,9-11,23H,7-8H2,(H2,19,20,24). The lowest BCUT2D eigenvalue weighted by molar-refractivity contribution is 0.262. The first-order valence-corrected chi connectivity index (χ1v) is 7.30. The number of hydrogen-bond donors (Lipinski definition) is 3. The van der Waals surface area contributed by atoms with Crippen LogP contribution in [0.25, 0.3) is 5.69 Å². The number of nitrogens with one attached hydrogen (secondary N) is 2. The zero-order chi connectivity index (χ0) is 16.9. The van der Waals surface area contributed by atoms with Crippen molar-refractivity contribution in [3.63, 3.8) is 0 Å². The molecule has 3 aromatic rings. The Morgan fingerprint density at radius 3 is 2.79 bits per heavy atom. The molecule has 0 aliphatic heterocycles. The number of anilines is 2. The van der Waals surface area contributed by atoms with Gasteiger partial charge in [-0.1, -0.05) is 0 Å². The van der Waals surface area contributed by atoms with Gasteiger partial charge in [0.1, 0.15) is 5.82 Å². The van der Waals surface area contributed by atoms with Crippen LogP contribution in [0.1, 0.15) is 0 Å². The van der Waals surface area contributed by atoms with Gasteiger partial charge in [0.15, 0.2) is 0 Å². The van der Waals surface area contributed by atoms with Crippen molar-refractivity contribution >= 4 is 17.4 Å². The van der Waals surface area contributed by atoms with E-state index in [1.54, 1.807) is 22.9 Å². The van der Waals surface area contributed by atoms with Gasteiger partial charge in [0.25, 0.3) is 0 Å². The van der Waals surface area contributed by atoms with Crippen LogP contribution in [0.15, 0.2) is 55.1 Å². The average Bonchev–Trinajstić information content (AvgIpc) is 3.22. The molecule has 8 heteroatoms. The summed E-state index contributed by atoms with van der Waals surface area (Å²) in [7, 11) is 0. The van der Waals surface area contributed by atoms with E-state index in [4.69, 9.17) is 5.11 Å². The van der Waals surface area contributed by atoms with E-state index >= 15 is 0 Å². The predicted molar refractivity (Wildman–Crippen MR) is 87.7 cm³/mol. The molecule has 3 rings (SSSR count). The summed E-state index contributed by atoms with van der Waals surface area (Å²) in [5.41, 5.74) is 1.25. The first-order chi connectivity index (χ1) is 11.7. The number of aliphatic hydroxyl groups excluding tert-OH is 1. The highest BCUT2D eigenvalue weighted by molar-refractivity contribution is 5.99. The largest absolute Gasteiger partial charge is 0.394 e. The number of benzene rings is 1. The fourth-order valence-corrected chi connectivity index (χ4v) is 2.21. The van der Waals surface area contributed by atoms with E-state index in [9.17, 15) is 9.18 Å². The minimum Gasteiger partial charge on any atom is -0.394 e. The quantitative estimate of drug-likeness (QED) is 0.672. The van der Waals surface area contributed by atoms with Gasteiger partial charge in [-0.3, -0.25) is 4.68 Å². The van der Waals surface area contributed by atoms with Crippen molar-refractivity contribution in [2.45, 2.75) is 6.54 Å². The van der Waals surface area contributed by atoms with Crippen LogP contribution in [-0.2, 0) is 6.54 Å². The van der Waals surface area contributed by atoms with E-state index in [2.05, 4.69) is 15.7 Å². The molecular formula is C16H16FN5O2. The smallest absolute Gasteiger partial charge is 0.323 e. The van der Waals surface area contributed by atoms with Crippen molar-refractivity contribution in [2.24, 2.45) is 0 Å². The van der Waals surface area contributed by atoms with Crippen molar-refractivity contribution < 1.29 is 14.3 Å². The molecule has 0 saturated heterocycles. The van der Waals surface area contributed by atoms with Crippen molar-refractivity contribution in [3.8, 4) is 5.69 Å². The minimum absolute atomic E-state index is 0.0509. The van der Waals surface area contributed by atoms with Crippen molar-refractivity contribution in [3.05, 3.63) is 60.9 Å². The summed E-state index contributed by atoms with van der Waals surface area (Å²) in [6.07, 6.45) is 6.67. The van der Waals surface area contributed by atoms with Gasteiger partial charge >= 0.3 is 6.03 Å². The summed E-state index contributed by atoms with van der Waals surface area (Å²) in [6, 6.07) is 7.59. The third-order valence-electron chi connectivity index (χ3n) is 3.32. The van der Waals surface area contributed by atoms with Crippen LogP contribution >= 0.6 is 0 Å². The molecule has 3 N–H and O–H groups in total. The molecule has 0 saturated carbocycles. The second kappa shape index (κ2) is 6.97. The van der Waals surface area contributed by atoms with Crippen molar-refractivity contribution in [1.82, 2.24) is 14.3 Å². The van der Waals surface area contributed by atoms with E-state index in [0.717, 1.165) is 5.69 Å². The Kier molecular flexibility index (Phi) is 4.57. The predicted octanol–water partition coefficient (Wildman–Crippen LogP) is 2.45. The highest BCUT2D eigenvalue weighted by Crippen LogP contribution is 2.19. The van der Waals surface area contributed by atoms with Gasteiger partial charge in [0.2, 0.25) is 0 Å². The summed E-state index contributed by atoms with van der Waals surface area (Å²) >= 11 is 0. The van der Waals surface area contributed by atoms with E-state index in [-0.39, 0.29) is 12.3 Å². The number of aromatic nitrogens is 3. The Morgan fingerprint density at radius 2 is 2.04 bits per heavy atom. The van der Waals surface area contributed by atoms with Crippen LogP contribution in [0.4, 0.5) is 20.6 Å². The van der Waals surface area contributed by atoms with E-state index in [0.29, 0.717) is 12.2 Å². The van der Waals surface area contributed by atoms with Crippen molar-refractivity contribution in [1.29, 1.82) is 0 Å². The van der Waals surface area contributed by atoms with Crippen LogP contribution in [0.2, 0.25) is 0 Å². The number of rotatable bonds is 5. The molecule has 24 heavy (non-hydrogen) atoms. The van der Waals surface area contributed by atoms with Gasteiger partial charge in [-0.25, -0.2) is 9.18 Å². The summed E-state index contributed by atoms with van der Waals surface area (Å²) in [5.74, 6) is -0.531. The Bertz CT molecular complexity index is 829. The van der Waals surface area contributed by atoms with Gasteiger partial charge < -0.3 is 20.3 Å². The second-order valence-corrected chi connectivity index (χ2v) is 5.05. The lowest BCUT2D eigenvalue weighted by Gasteiger charge is -2.10. The summed E-state index contributed by atoms with van der Waals surface area (Å²) < 4.78 is 17.2. The number of aliphatic hydroxyl groups is 1. The monoisotopic (exact) mass is 329 g/mol. The first-order valence-electron chi connectivity index (χ1n) is 7.30. The molecule has 7 nitrogen and oxygen atoms in total. The maximum atomic E-state index is 13.9. The number of urea groups is 1. The topological polar surface area (TPSA) is 84.1 Å². The molecule has 2 amide bonds. The molecule has 0 atom stereocenters. The zero-order valence-electron chi connectivity index (χ0n) is 12.7. The molecule has 0 radical (unpaired) electrons. The molecule has 0 fully saturated rings. The molecule has 124 valence electrons. The molecule has 0 bridgehead atoms. The first kappa shape index (κ1) is 15.8. The van der Waals surface area contributed by atoms with Gasteiger partial charge in [0.05, 0.1) is 30.7 Å². The molecule has 0 unspecified atom stereocenters. The molecule has 2 heterocycles. The normalized spacial score (nSPS) is 10.6. The highest BCUT2D eigenvalue weighted by Gasteiger charge is 2.10. The SMILES string of the molecule is O=C(Nc1cnn(CCO)c1)Nc1cc(-n2cccc2)ccc1F. The third kappa shape index (κ3) is 3.61. The molecule has 0 aliphatic rings. The van der Waals surface area contributed by atoms with E-state index in [1.807, 2.05) is 24.5 Å². The highest BCUT2D eigenvalue weighted by atomic mass is 19.1. The average molecular weight is 329 g/mol. The number of nitrogens with zero attached hydrogens (tertiary/aromatic N) is 3. The van der Waals surface area contributed by atoms with Crippen molar-refractivity contribution in [2.75, 3.05) is 17.2 Å². The molecule has 1 aromatic carbocycles. The third-order valence-corrected chi connectivity index (χ3v) is 3.32. The molecular weight excluding hydrogens is 313 g/mol. The zero-order valence-corrected chi connectivity index (χ0v) is 12.7. The fraction of sp³-hybridized carbons (Fsp3) is 0.125. The number of carbonyl (C=O) groups is 1. The Labute approximate surface area is 137 Å². The van der Waals surface area contributed by atoms with Gasteiger partial charge in [-0.2, -0.15) is 5.10 Å². The summed E-state index contributed by atoms with van der Waals surface area (Å²) in [6.45, 7) is 0.279. The molecule has 0 aliphatic carbocycles. The van der Waals surface area contributed by atoms with Gasteiger partial charge in [-0.15, -0.1) is 0 Å². The minimum atomic E-state index is -0.581. The van der Waals surface area contributed by atoms with Crippen LogP contribution in [0.3, 0.4) is 0 Å². The van der Waals surface area contributed by atoms with Gasteiger partial charge in [0, 0.05) is 24.3 Å². The Balaban J connectivity index is 1.70. The lowest BCUT2D eigenvalue weighted by Crippen LogP contribution is -2.20. The summed E-state index contributed by atoms with van der Waals surface area (Å²) in [5, 5.41) is 17.8. The number of amides is 2. The maximum Gasteiger partial charge on any atom is 0.323 e. The summed E-state index contributed by atoms with van der Waals surface area (Å²) in [4.78, 5) is 12.0. The van der Waals surface area contributed by atoms with Crippen LogP contribution in [0, 0.1) is 5.82 Å². The van der Waals surface area contributed by atoms with Crippen LogP contribution < -0.4 is 10.6 Å².